The molecule has 1 amide bonds. The Morgan fingerprint density at radius 1 is 1.05 bits per heavy atom. The number of esters is 1. The summed E-state index contributed by atoms with van der Waals surface area (Å²) in [5.41, 5.74) is 1.21. The number of nitrogens with zero attached hydrogens (tertiary/aromatic N) is 3. The summed E-state index contributed by atoms with van der Waals surface area (Å²) in [6.45, 7) is 6.43. The lowest BCUT2D eigenvalue weighted by Gasteiger charge is -2.34. The van der Waals surface area contributed by atoms with E-state index in [0.29, 0.717) is 49.3 Å². The molecule has 0 N–H and O–H groups in total. The smallest absolute Gasteiger partial charge is 0.320 e. The van der Waals surface area contributed by atoms with Crippen LogP contribution in [0.25, 0.3) is 10.9 Å². The molecule has 1 saturated heterocycles. The molecule has 2 heterocycles. The summed E-state index contributed by atoms with van der Waals surface area (Å²) >= 11 is 13.0. The third-order valence-corrected chi connectivity index (χ3v) is 7.68. The highest BCUT2D eigenvalue weighted by molar-refractivity contribution is 6.42. The molecule has 11 heteroatoms. The molecule has 1 aromatic heterocycles. The van der Waals surface area contributed by atoms with E-state index in [4.69, 9.17) is 27.9 Å². The van der Waals surface area contributed by atoms with Crippen LogP contribution in [-0.2, 0) is 22.5 Å². The van der Waals surface area contributed by atoms with Crippen LogP contribution in [0.15, 0.2) is 30.3 Å². The number of aryl methyl sites for hydroxylation is 2. The van der Waals surface area contributed by atoms with Crippen LogP contribution >= 0.6 is 23.2 Å². The molecule has 39 heavy (non-hydrogen) atoms. The Labute approximate surface area is 235 Å². The number of piperazine rings is 1. The molecule has 0 atom stereocenters. The Bertz CT molecular complexity index is 1460. The fraction of sp³-hybridized carbons (Fsp3) is 0.393. The molecule has 1 fully saturated rings. The first-order chi connectivity index (χ1) is 18.3. The predicted molar refractivity (Wildman–Crippen MR) is 146 cm³/mol. The number of halogens is 4. The normalized spacial score (nSPS) is 14.6. The molecular weight excluding hydrogens is 551 g/mol. The molecule has 0 bridgehead atoms. The topological polar surface area (TPSA) is 71.8 Å². The lowest BCUT2D eigenvalue weighted by molar-refractivity contribution is -0.144. The van der Waals surface area contributed by atoms with Crippen molar-refractivity contribution in [1.82, 2.24) is 14.4 Å². The van der Waals surface area contributed by atoms with Crippen LogP contribution < -0.4 is 0 Å². The molecule has 0 unspecified atom stereocenters. The lowest BCUT2D eigenvalue weighted by Crippen LogP contribution is -2.50. The third-order valence-electron chi connectivity index (χ3n) is 6.97. The number of carbonyl (C=O) groups is 3. The summed E-state index contributed by atoms with van der Waals surface area (Å²) in [6.07, 6.45) is 0. The maximum Gasteiger partial charge on any atom is 0.320 e. The highest BCUT2D eigenvalue weighted by Gasteiger charge is 2.30. The monoisotopic (exact) mass is 579 g/mol. The van der Waals surface area contributed by atoms with Gasteiger partial charge in [0.05, 0.1) is 40.0 Å². The molecule has 1 aliphatic heterocycles. The Balaban J connectivity index is 1.62. The van der Waals surface area contributed by atoms with Gasteiger partial charge in [0.25, 0.3) is 11.8 Å². The number of alkyl halides is 2. The van der Waals surface area contributed by atoms with Crippen molar-refractivity contribution in [2.75, 3.05) is 39.3 Å². The zero-order chi connectivity index (χ0) is 28.6. The van der Waals surface area contributed by atoms with Crippen molar-refractivity contribution in [3.63, 3.8) is 0 Å². The van der Waals surface area contributed by atoms with E-state index < -0.39 is 11.7 Å². The number of fused-ring (bicyclic) bond motifs is 1. The van der Waals surface area contributed by atoms with E-state index in [1.807, 2.05) is 4.90 Å². The highest BCUT2D eigenvalue weighted by Crippen LogP contribution is 2.35. The van der Waals surface area contributed by atoms with E-state index in [1.165, 1.54) is 28.8 Å². The minimum atomic E-state index is -3.04. The zero-order valence-electron chi connectivity index (χ0n) is 22.1. The second-order valence-electron chi connectivity index (χ2n) is 9.69. The van der Waals surface area contributed by atoms with Crippen LogP contribution in [0.4, 0.5) is 8.78 Å². The number of carbonyl (C=O) groups excluding carboxylic acids is 3. The van der Waals surface area contributed by atoms with Crippen molar-refractivity contribution >= 4 is 51.8 Å². The molecular formula is C28H29Cl2F2N3O4. The number of ether oxygens (including phenoxy) is 1. The maximum atomic E-state index is 14.0. The summed E-state index contributed by atoms with van der Waals surface area (Å²) < 4.78 is 34.6. The van der Waals surface area contributed by atoms with Gasteiger partial charge in [-0.25, -0.2) is 8.78 Å². The van der Waals surface area contributed by atoms with E-state index in [0.717, 1.165) is 6.92 Å². The Kier molecular flexibility index (Phi) is 8.35. The third kappa shape index (κ3) is 5.81. The number of aromatic nitrogens is 1. The minimum Gasteiger partial charge on any atom is -0.465 e. The van der Waals surface area contributed by atoms with E-state index in [1.54, 1.807) is 31.9 Å². The largest absolute Gasteiger partial charge is 0.465 e. The van der Waals surface area contributed by atoms with Gasteiger partial charge < -0.3 is 14.2 Å². The number of hydrogen-bond acceptors (Lipinski definition) is 5. The average molecular weight is 580 g/mol. The quantitative estimate of drug-likeness (QED) is 0.274. The van der Waals surface area contributed by atoms with Crippen LogP contribution in [0.5, 0.6) is 0 Å². The van der Waals surface area contributed by atoms with Gasteiger partial charge in [-0.1, -0.05) is 23.2 Å². The van der Waals surface area contributed by atoms with Gasteiger partial charge in [-0.3, -0.25) is 19.3 Å². The SMILES string of the molecule is CCOC(=O)CN1CCN(C(=O)c2ccc(Cl)c(C(=O)c3cc4c(C)cc(C(C)(F)F)cc4n3C)c2Cl)CC1. The van der Waals surface area contributed by atoms with Gasteiger partial charge in [-0.2, -0.15) is 0 Å². The second kappa shape index (κ2) is 11.2. The first kappa shape index (κ1) is 29.0. The number of benzene rings is 2. The zero-order valence-corrected chi connectivity index (χ0v) is 23.6. The Morgan fingerprint density at radius 2 is 1.72 bits per heavy atom. The van der Waals surface area contributed by atoms with Crippen molar-refractivity contribution < 1.29 is 27.9 Å². The van der Waals surface area contributed by atoms with Gasteiger partial charge in [0.1, 0.15) is 0 Å². The second-order valence-corrected chi connectivity index (χ2v) is 10.5. The first-order valence-corrected chi connectivity index (χ1v) is 13.3. The number of amides is 1. The first-order valence-electron chi connectivity index (χ1n) is 12.5. The van der Waals surface area contributed by atoms with Crippen LogP contribution in [0.2, 0.25) is 10.0 Å². The molecule has 208 valence electrons. The van der Waals surface area contributed by atoms with Gasteiger partial charge >= 0.3 is 5.97 Å². The molecule has 4 rings (SSSR count). The fourth-order valence-corrected chi connectivity index (χ4v) is 5.43. The van der Waals surface area contributed by atoms with Gasteiger partial charge in [0.2, 0.25) is 5.78 Å². The van der Waals surface area contributed by atoms with Gasteiger partial charge in [0.15, 0.2) is 0 Å². The molecule has 2 aromatic carbocycles. The Morgan fingerprint density at radius 3 is 2.33 bits per heavy atom. The maximum absolute atomic E-state index is 14.0. The van der Waals surface area contributed by atoms with Crippen LogP contribution in [0, 0.1) is 6.92 Å². The van der Waals surface area contributed by atoms with E-state index in [2.05, 4.69) is 0 Å². The van der Waals surface area contributed by atoms with Crippen molar-refractivity contribution in [2.24, 2.45) is 7.05 Å². The van der Waals surface area contributed by atoms with Crippen LogP contribution in [0.1, 0.15) is 51.4 Å². The van der Waals surface area contributed by atoms with E-state index in [-0.39, 0.29) is 50.9 Å². The van der Waals surface area contributed by atoms with E-state index in [9.17, 15) is 23.2 Å². The summed E-state index contributed by atoms with van der Waals surface area (Å²) in [5.74, 6) is -4.24. The summed E-state index contributed by atoms with van der Waals surface area (Å²) in [7, 11) is 1.61. The summed E-state index contributed by atoms with van der Waals surface area (Å²) in [4.78, 5) is 42.3. The highest BCUT2D eigenvalue weighted by atomic mass is 35.5. The predicted octanol–water partition coefficient (Wildman–Crippen LogP) is 5.46. The van der Waals surface area contributed by atoms with Crippen molar-refractivity contribution in [3.8, 4) is 0 Å². The number of ketones is 1. The Hall–Kier alpha value is -3.01. The standard InChI is InChI=1S/C28H29Cl2F2N3O4/c1-5-39-23(36)15-34-8-10-35(11-9-34)27(38)18-6-7-20(29)24(25(18)30)26(37)22-14-19-16(2)12-17(28(3,31)32)13-21(19)33(22)4/h6-7,12-14H,5,8-11,15H2,1-4H3. The van der Waals surface area contributed by atoms with Crippen molar-refractivity contribution in [3.05, 3.63) is 68.3 Å². The van der Waals surface area contributed by atoms with Gasteiger partial charge in [-0.15, -0.1) is 0 Å². The molecule has 1 aliphatic rings. The minimum absolute atomic E-state index is 0.0327. The molecule has 0 aliphatic carbocycles. The van der Waals surface area contributed by atoms with Crippen molar-refractivity contribution in [2.45, 2.75) is 26.7 Å². The van der Waals surface area contributed by atoms with Crippen molar-refractivity contribution in [1.29, 1.82) is 0 Å². The fourth-order valence-electron chi connectivity index (χ4n) is 4.80. The van der Waals surface area contributed by atoms with Crippen LogP contribution in [-0.4, -0.2) is 71.4 Å². The lowest BCUT2D eigenvalue weighted by atomic mass is 10.0. The molecule has 0 spiro atoms. The van der Waals surface area contributed by atoms with Gasteiger partial charge in [-0.05, 0) is 49.7 Å². The van der Waals surface area contributed by atoms with E-state index >= 15 is 0 Å². The van der Waals surface area contributed by atoms with Crippen LogP contribution in [0.3, 0.4) is 0 Å². The molecule has 0 saturated carbocycles. The molecule has 0 radical (unpaired) electrons. The summed E-state index contributed by atoms with van der Waals surface area (Å²) in [5, 5.41) is 0.645. The molecule has 3 aromatic rings. The number of rotatable bonds is 7. The molecule has 7 nitrogen and oxygen atoms in total. The summed E-state index contributed by atoms with van der Waals surface area (Å²) in [6, 6.07) is 7.32. The number of hydrogen-bond donors (Lipinski definition) is 0. The average Bonchev–Trinajstić information content (AvgIpc) is 3.21. The van der Waals surface area contributed by atoms with Gasteiger partial charge in [0, 0.05) is 56.6 Å².